The summed E-state index contributed by atoms with van der Waals surface area (Å²) in [5.41, 5.74) is 4.71. The first-order valence-corrected chi connectivity index (χ1v) is 11.3. The summed E-state index contributed by atoms with van der Waals surface area (Å²) in [6.45, 7) is 5.65. The van der Waals surface area contributed by atoms with E-state index in [-0.39, 0.29) is 12.0 Å². The van der Waals surface area contributed by atoms with Crippen LogP contribution in [0.2, 0.25) is 0 Å². The second kappa shape index (κ2) is 11.3. The summed E-state index contributed by atoms with van der Waals surface area (Å²) in [6, 6.07) is 8.55. The zero-order chi connectivity index (χ0) is 24.0. The van der Waals surface area contributed by atoms with E-state index in [9.17, 15) is 4.79 Å². The maximum absolute atomic E-state index is 11.2. The highest BCUT2D eigenvalue weighted by Crippen LogP contribution is 2.41. The number of esters is 1. The molecule has 0 unspecified atom stereocenters. The molecule has 0 spiro atoms. The van der Waals surface area contributed by atoms with Crippen molar-refractivity contribution >= 4 is 5.97 Å². The van der Waals surface area contributed by atoms with E-state index in [0.29, 0.717) is 6.61 Å². The van der Waals surface area contributed by atoms with E-state index in [1.165, 1.54) is 23.6 Å². The van der Waals surface area contributed by atoms with Crippen LogP contribution in [-0.2, 0) is 22.4 Å². The van der Waals surface area contributed by atoms with Gasteiger partial charge in [-0.1, -0.05) is 6.07 Å². The number of methoxy groups -OCH3 is 4. The lowest BCUT2D eigenvalue weighted by Gasteiger charge is -2.38. The van der Waals surface area contributed by atoms with Crippen molar-refractivity contribution in [2.45, 2.75) is 39.2 Å². The van der Waals surface area contributed by atoms with Crippen molar-refractivity contribution in [3.05, 3.63) is 46.5 Å². The molecule has 0 saturated carbocycles. The minimum absolute atomic E-state index is 0.142. The van der Waals surface area contributed by atoms with Gasteiger partial charge in [0.05, 0.1) is 35.0 Å². The van der Waals surface area contributed by atoms with Crippen LogP contribution in [0.25, 0.3) is 0 Å². The highest BCUT2D eigenvalue weighted by atomic mass is 16.5. The number of ether oxygens (including phenoxy) is 5. The molecule has 0 bridgehead atoms. The molecule has 3 rings (SSSR count). The number of fused-ring (bicyclic) bond motifs is 1. The lowest BCUT2D eigenvalue weighted by atomic mass is 9.87. The van der Waals surface area contributed by atoms with E-state index in [2.05, 4.69) is 29.2 Å². The Bertz CT molecular complexity index is 974. The van der Waals surface area contributed by atoms with E-state index >= 15 is 0 Å². The van der Waals surface area contributed by atoms with Crippen LogP contribution in [0.3, 0.4) is 0 Å². The molecule has 1 aliphatic rings. The Hall–Kier alpha value is -2.93. The quantitative estimate of drug-likeness (QED) is 0.393. The van der Waals surface area contributed by atoms with Crippen LogP contribution in [0.5, 0.6) is 23.0 Å². The number of carbonyl (C=O) groups excluding carboxylic acids is 1. The Morgan fingerprint density at radius 2 is 1.67 bits per heavy atom. The van der Waals surface area contributed by atoms with Crippen LogP contribution in [0.1, 0.15) is 41.6 Å². The van der Waals surface area contributed by atoms with Gasteiger partial charge in [0, 0.05) is 26.1 Å². The van der Waals surface area contributed by atoms with Crippen LogP contribution in [0.15, 0.2) is 24.3 Å². The van der Waals surface area contributed by atoms with E-state index in [0.717, 1.165) is 60.9 Å². The lowest BCUT2D eigenvalue weighted by Crippen LogP contribution is -2.37. The molecule has 7 nitrogen and oxygen atoms in total. The molecule has 0 aromatic heterocycles. The molecule has 0 amide bonds. The maximum Gasteiger partial charge on any atom is 0.302 e. The summed E-state index contributed by atoms with van der Waals surface area (Å²) >= 11 is 0. The van der Waals surface area contributed by atoms with E-state index < -0.39 is 0 Å². The number of benzene rings is 2. The van der Waals surface area contributed by atoms with Crippen molar-refractivity contribution in [1.82, 2.24) is 4.90 Å². The molecule has 7 heteroatoms. The average molecular weight is 458 g/mol. The molecule has 0 N–H and O–H groups in total. The molecular weight excluding hydrogens is 422 g/mol. The highest BCUT2D eigenvalue weighted by molar-refractivity contribution is 5.65. The third-order valence-corrected chi connectivity index (χ3v) is 6.16. The standard InChI is InChI=1S/C26H35NO6/c1-17-12-19(14-25(31-5)26(17)32-6)13-22-21-16-24(30-4)23(29-3)15-20(21)8-10-27(22)9-7-11-33-18(2)28/h12,14-16,22H,7-11,13H2,1-6H3/t22-/m1/s1. The zero-order valence-corrected chi connectivity index (χ0v) is 20.5. The van der Waals surface area contributed by atoms with E-state index in [1.807, 2.05) is 6.92 Å². The normalized spacial score (nSPS) is 15.5. The van der Waals surface area contributed by atoms with Gasteiger partial charge in [0.2, 0.25) is 0 Å². The fourth-order valence-corrected chi connectivity index (χ4v) is 4.64. The molecule has 2 aromatic rings. The van der Waals surface area contributed by atoms with Crippen molar-refractivity contribution in [3.8, 4) is 23.0 Å². The maximum atomic E-state index is 11.2. The monoisotopic (exact) mass is 457 g/mol. The first-order chi connectivity index (χ1) is 15.9. The molecule has 33 heavy (non-hydrogen) atoms. The Labute approximate surface area is 196 Å². The summed E-state index contributed by atoms with van der Waals surface area (Å²) in [6.07, 6.45) is 2.51. The smallest absolute Gasteiger partial charge is 0.302 e. The predicted molar refractivity (Wildman–Crippen MR) is 127 cm³/mol. The van der Waals surface area contributed by atoms with Gasteiger partial charge >= 0.3 is 5.97 Å². The van der Waals surface area contributed by atoms with Crippen LogP contribution in [0, 0.1) is 6.92 Å². The number of carbonyl (C=O) groups is 1. The number of nitrogens with zero attached hydrogens (tertiary/aromatic N) is 1. The van der Waals surface area contributed by atoms with Gasteiger partial charge in [-0.2, -0.15) is 0 Å². The molecule has 0 fully saturated rings. The van der Waals surface area contributed by atoms with E-state index in [1.54, 1.807) is 28.4 Å². The molecule has 0 radical (unpaired) electrons. The second-order valence-electron chi connectivity index (χ2n) is 8.25. The number of hydrogen-bond acceptors (Lipinski definition) is 7. The number of rotatable bonds is 10. The fraction of sp³-hybridized carbons (Fsp3) is 0.500. The van der Waals surface area contributed by atoms with Gasteiger partial charge in [0.15, 0.2) is 23.0 Å². The van der Waals surface area contributed by atoms with Gasteiger partial charge in [-0.05, 0) is 66.6 Å². The molecular formula is C26H35NO6. The molecule has 1 atom stereocenters. The third-order valence-electron chi connectivity index (χ3n) is 6.16. The van der Waals surface area contributed by atoms with Crippen molar-refractivity contribution in [2.24, 2.45) is 0 Å². The first kappa shape index (κ1) is 24.7. The molecule has 1 aliphatic heterocycles. The van der Waals surface area contributed by atoms with Crippen LogP contribution in [0.4, 0.5) is 0 Å². The Balaban J connectivity index is 1.95. The molecule has 180 valence electrons. The van der Waals surface area contributed by atoms with E-state index in [4.69, 9.17) is 23.7 Å². The van der Waals surface area contributed by atoms with Crippen molar-refractivity contribution in [2.75, 3.05) is 48.1 Å². The van der Waals surface area contributed by atoms with Gasteiger partial charge in [-0.25, -0.2) is 0 Å². The van der Waals surface area contributed by atoms with Gasteiger partial charge in [-0.15, -0.1) is 0 Å². The molecule has 2 aromatic carbocycles. The lowest BCUT2D eigenvalue weighted by molar-refractivity contribution is -0.141. The largest absolute Gasteiger partial charge is 0.493 e. The Morgan fingerprint density at radius 1 is 0.970 bits per heavy atom. The van der Waals surface area contributed by atoms with Crippen LogP contribution < -0.4 is 18.9 Å². The topological polar surface area (TPSA) is 66.5 Å². The Kier molecular flexibility index (Phi) is 8.44. The minimum Gasteiger partial charge on any atom is -0.493 e. The first-order valence-electron chi connectivity index (χ1n) is 11.3. The second-order valence-corrected chi connectivity index (χ2v) is 8.25. The summed E-state index contributed by atoms with van der Waals surface area (Å²) in [7, 11) is 6.65. The summed E-state index contributed by atoms with van der Waals surface area (Å²) in [5, 5.41) is 0. The third kappa shape index (κ3) is 5.71. The highest BCUT2D eigenvalue weighted by Gasteiger charge is 2.29. The predicted octanol–water partition coefficient (Wildman–Crippen LogP) is 4.12. The van der Waals surface area contributed by atoms with Crippen LogP contribution in [-0.4, -0.2) is 59.0 Å². The van der Waals surface area contributed by atoms with Crippen molar-refractivity contribution in [3.63, 3.8) is 0 Å². The van der Waals surface area contributed by atoms with Gasteiger partial charge in [0.1, 0.15) is 0 Å². The van der Waals surface area contributed by atoms with Crippen molar-refractivity contribution < 1.29 is 28.5 Å². The number of hydrogen-bond donors (Lipinski definition) is 0. The Morgan fingerprint density at radius 3 is 2.30 bits per heavy atom. The van der Waals surface area contributed by atoms with Gasteiger partial charge in [-0.3, -0.25) is 9.69 Å². The van der Waals surface area contributed by atoms with Crippen LogP contribution >= 0.6 is 0 Å². The summed E-state index contributed by atoms with van der Waals surface area (Å²) in [4.78, 5) is 13.6. The average Bonchev–Trinajstić information content (AvgIpc) is 2.81. The number of aryl methyl sites for hydroxylation is 1. The fourth-order valence-electron chi connectivity index (χ4n) is 4.64. The minimum atomic E-state index is -0.242. The molecule has 0 saturated heterocycles. The zero-order valence-electron chi connectivity index (χ0n) is 20.5. The summed E-state index contributed by atoms with van der Waals surface area (Å²) < 4.78 is 27.4. The van der Waals surface area contributed by atoms with Gasteiger partial charge < -0.3 is 23.7 Å². The SMILES string of the molecule is COc1cc2c(cc1OC)[C@@H](Cc1cc(C)c(OC)c(OC)c1)N(CCCOC(C)=O)CC2. The summed E-state index contributed by atoms with van der Waals surface area (Å²) in [5.74, 6) is 2.73. The molecule has 1 heterocycles. The molecule has 0 aliphatic carbocycles. The van der Waals surface area contributed by atoms with Gasteiger partial charge in [0.25, 0.3) is 0 Å². The van der Waals surface area contributed by atoms with Crippen molar-refractivity contribution in [1.29, 1.82) is 0 Å².